The van der Waals surface area contributed by atoms with Gasteiger partial charge in [0.25, 0.3) is 0 Å². The van der Waals surface area contributed by atoms with Gasteiger partial charge in [0.05, 0.1) is 12.2 Å². The number of carbonyl (C=O) groups is 1. The van der Waals surface area contributed by atoms with Crippen LogP contribution in [0.3, 0.4) is 0 Å². The summed E-state index contributed by atoms with van der Waals surface area (Å²) in [5.74, 6) is 0.210. The van der Waals surface area contributed by atoms with E-state index in [9.17, 15) is 4.79 Å². The fourth-order valence-electron chi connectivity index (χ4n) is 2.58. The molecule has 3 rings (SSSR count). The highest BCUT2D eigenvalue weighted by Gasteiger charge is 2.23. The van der Waals surface area contributed by atoms with Gasteiger partial charge in [0.1, 0.15) is 0 Å². The van der Waals surface area contributed by atoms with E-state index in [1.54, 1.807) is 18.0 Å². The summed E-state index contributed by atoms with van der Waals surface area (Å²) in [6.07, 6.45) is 5.22. The van der Waals surface area contributed by atoms with Gasteiger partial charge in [0.15, 0.2) is 0 Å². The Kier molecular flexibility index (Phi) is 4.25. The molecule has 2 aromatic rings. The Hall–Kier alpha value is -1.81. The van der Waals surface area contributed by atoms with E-state index in [-0.39, 0.29) is 5.91 Å². The Morgan fingerprint density at radius 3 is 2.76 bits per heavy atom. The number of aryl methyl sites for hydroxylation is 1. The molecule has 0 atom stereocenters. The van der Waals surface area contributed by atoms with Crippen molar-refractivity contribution in [1.29, 1.82) is 0 Å². The smallest absolute Gasteiger partial charge is 0.223 e. The first-order valence-corrected chi connectivity index (χ1v) is 8.32. The van der Waals surface area contributed by atoms with Crippen LogP contribution in [-0.2, 0) is 24.3 Å². The predicted molar refractivity (Wildman–Crippen MR) is 85.0 cm³/mol. The zero-order valence-electron chi connectivity index (χ0n) is 12.1. The number of amides is 1. The second-order valence-electron chi connectivity index (χ2n) is 5.21. The summed E-state index contributed by atoms with van der Waals surface area (Å²) in [6.45, 7) is 1.35. The van der Waals surface area contributed by atoms with Gasteiger partial charge in [0, 0.05) is 24.1 Å². The molecule has 1 amide bonds. The third kappa shape index (κ3) is 3.27. The molecule has 0 radical (unpaired) electrons. The van der Waals surface area contributed by atoms with Gasteiger partial charge < -0.3 is 4.90 Å². The summed E-state index contributed by atoms with van der Waals surface area (Å²) < 4.78 is 0. The molecule has 108 valence electrons. The molecule has 0 N–H and O–H groups in total. The van der Waals surface area contributed by atoms with Crippen LogP contribution in [0.15, 0.2) is 47.5 Å². The van der Waals surface area contributed by atoms with Crippen LogP contribution in [0.5, 0.6) is 0 Å². The number of fused-ring (bicyclic) bond motifs is 1. The lowest BCUT2D eigenvalue weighted by Crippen LogP contribution is -2.25. The van der Waals surface area contributed by atoms with E-state index in [4.69, 9.17) is 0 Å². The topological polar surface area (TPSA) is 33.2 Å². The third-order valence-electron chi connectivity index (χ3n) is 3.83. The van der Waals surface area contributed by atoms with Crippen molar-refractivity contribution in [3.05, 3.63) is 59.4 Å². The predicted octanol–water partition coefficient (Wildman–Crippen LogP) is 3.28. The van der Waals surface area contributed by atoms with Gasteiger partial charge in [0.2, 0.25) is 5.91 Å². The molecule has 0 saturated heterocycles. The molecule has 0 saturated carbocycles. The number of thioether (sulfide) groups is 1. The van der Waals surface area contributed by atoms with E-state index in [0.29, 0.717) is 19.5 Å². The first-order valence-electron chi connectivity index (χ1n) is 7.10. The average Bonchev–Trinajstić information content (AvgIpc) is 2.97. The Balaban J connectivity index is 1.55. The first-order chi connectivity index (χ1) is 10.3. The van der Waals surface area contributed by atoms with Gasteiger partial charge in [-0.3, -0.25) is 9.78 Å². The molecule has 1 aromatic carbocycles. The maximum absolute atomic E-state index is 12.3. The summed E-state index contributed by atoms with van der Waals surface area (Å²) in [4.78, 5) is 19.8. The average molecular weight is 298 g/mol. The standard InChI is InChI=1S/C17H18N2OS/c1-21-15-7-4-13(5-8-15)6-9-17(20)19-11-14-3-2-10-18-16(14)12-19/h2-5,7-8,10H,6,9,11-12H2,1H3. The molecule has 0 unspecified atom stereocenters. The van der Waals surface area contributed by atoms with Gasteiger partial charge in [-0.25, -0.2) is 0 Å². The molecule has 1 aliphatic heterocycles. The number of nitrogens with zero attached hydrogens (tertiary/aromatic N) is 2. The van der Waals surface area contributed by atoms with E-state index in [2.05, 4.69) is 41.6 Å². The van der Waals surface area contributed by atoms with Gasteiger partial charge >= 0.3 is 0 Å². The highest BCUT2D eigenvalue weighted by Crippen LogP contribution is 2.21. The second kappa shape index (κ2) is 6.31. The number of rotatable bonds is 4. The van der Waals surface area contributed by atoms with E-state index in [1.807, 2.05) is 11.0 Å². The van der Waals surface area contributed by atoms with Crippen LogP contribution in [-0.4, -0.2) is 22.0 Å². The fraction of sp³-hybridized carbons (Fsp3) is 0.294. The molecule has 21 heavy (non-hydrogen) atoms. The van der Waals surface area contributed by atoms with Crippen molar-refractivity contribution in [3.8, 4) is 0 Å². The molecule has 1 aromatic heterocycles. The van der Waals surface area contributed by atoms with E-state index in [0.717, 1.165) is 12.1 Å². The lowest BCUT2D eigenvalue weighted by atomic mass is 10.1. The Bertz CT molecular complexity index is 614. The zero-order chi connectivity index (χ0) is 14.7. The Morgan fingerprint density at radius 1 is 1.24 bits per heavy atom. The van der Waals surface area contributed by atoms with Crippen LogP contribution in [0.1, 0.15) is 23.2 Å². The monoisotopic (exact) mass is 298 g/mol. The van der Waals surface area contributed by atoms with Crippen molar-refractivity contribution in [3.63, 3.8) is 0 Å². The molecular formula is C17H18N2OS. The van der Waals surface area contributed by atoms with Crippen LogP contribution in [0, 0.1) is 0 Å². The van der Waals surface area contributed by atoms with Crippen LogP contribution in [0.2, 0.25) is 0 Å². The third-order valence-corrected chi connectivity index (χ3v) is 4.57. The van der Waals surface area contributed by atoms with Gasteiger partial charge in [-0.2, -0.15) is 0 Å². The molecule has 0 spiro atoms. The van der Waals surface area contributed by atoms with Gasteiger partial charge in [-0.15, -0.1) is 11.8 Å². The minimum Gasteiger partial charge on any atom is -0.332 e. The SMILES string of the molecule is CSc1ccc(CCC(=O)N2Cc3cccnc3C2)cc1. The van der Waals surface area contributed by atoms with Crippen molar-refractivity contribution in [1.82, 2.24) is 9.88 Å². The summed E-state index contributed by atoms with van der Waals surface area (Å²) >= 11 is 1.73. The van der Waals surface area contributed by atoms with Crippen molar-refractivity contribution in [2.45, 2.75) is 30.8 Å². The number of pyridine rings is 1. The van der Waals surface area contributed by atoms with Crippen LogP contribution in [0.4, 0.5) is 0 Å². The molecule has 4 heteroatoms. The van der Waals surface area contributed by atoms with Crippen LogP contribution >= 0.6 is 11.8 Å². The van der Waals surface area contributed by atoms with Crippen molar-refractivity contribution >= 4 is 17.7 Å². The van der Waals surface area contributed by atoms with Crippen molar-refractivity contribution in [2.75, 3.05) is 6.26 Å². The van der Waals surface area contributed by atoms with Gasteiger partial charge in [-0.05, 0) is 42.0 Å². The number of hydrogen-bond donors (Lipinski definition) is 0. The molecule has 2 heterocycles. The summed E-state index contributed by atoms with van der Waals surface area (Å²) in [5, 5.41) is 0. The quantitative estimate of drug-likeness (QED) is 0.812. The normalized spacial score (nSPS) is 13.3. The highest BCUT2D eigenvalue weighted by atomic mass is 32.2. The van der Waals surface area contributed by atoms with E-state index in [1.165, 1.54) is 16.0 Å². The van der Waals surface area contributed by atoms with Crippen LogP contribution < -0.4 is 0 Å². The van der Waals surface area contributed by atoms with E-state index < -0.39 is 0 Å². The second-order valence-corrected chi connectivity index (χ2v) is 6.09. The van der Waals surface area contributed by atoms with Crippen LogP contribution in [0.25, 0.3) is 0 Å². The van der Waals surface area contributed by atoms with Gasteiger partial charge in [-0.1, -0.05) is 18.2 Å². The Labute approximate surface area is 129 Å². The number of aromatic nitrogens is 1. The summed E-state index contributed by atoms with van der Waals surface area (Å²) in [5.41, 5.74) is 3.43. The molecule has 0 aliphatic carbocycles. The summed E-state index contributed by atoms with van der Waals surface area (Å²) in [6, 6.07) is 12.4. The minimum absolute atomic E-state index is 0.210. The molecule has 3 nitrogen and oxygen atoms in total. The number of benzene rings is 1. The molecule has 1 aliphatic rings. The number of carbonyl (C=O) groups excluding carboxylic acids is 1. The van der Waals surface area contributed by atoms with E-state index >= 15 is 0 Å². The lowest BCUT2D eigenvalue weighted by Gasteiger charge is -2.15. The maximum atomic E-state index is 12.3. The maximum Gasteiger partial charge on any atom is 0.223 e. The zero-order valence-corrected chi connectivity index (χ0v) is 12.9. The minimum atomic E-state index is 0.210. The van der Waals surface area contributed by atoms with Crippen molar-refractivity contribution in [2.24, 2.45) is 0 Å². The Morgan fingerprint density at radius 2 is 2.05 bits per heavy atom. The highest BCUT2D eigenvalue weighted by molar-refractivity contribution is 7.98. The first kappa shape index (κ1) is 14.1. The molecule has 0 bridgehead atoms. The summed E-state index contributed by atoms with van der Waals surface area (Å²) in [7, 11) is 0. The largest absolute Gasteiger partial charge is 0.332 e. The fourth-order valence-corrected chi connectivity index (χ4v) is 2.99. The molecular weight excluding hydrogens is 280 g/mol. The molecule has 0 fully saturated rings. The lowest BCUT2D eigenvalue weighted by molar-refractivity contribution is -0.131. The number of hydrogen-bond acceptors (Lipinski definition) is 3. The van der Waals surface area contributed by atoms with Crippen molar-refractivity contribution < 1.29 is 4.79 Å².